The first-order valence-corrected chi connectivity index (χ1v) is 7.73. The number of morpholine rings is 1. The summed E-state index contributed by atoms with van der Waals surface area (Å²) in [6.45, 7) is 7.89. The summed E-state index contributed by atoms with van der Waals surface area (Å²) in [5.74, 6) is 0.680. The number of rotatable bonds is 4. The molecule has 0 aromatic heterocycles. The minimum atomic E-state index is -0.325. The second-order valence-corrected chi connectivity index (χ2v) is 6.29. The van der Waals surface area contributed by atoms with E-state index in [-0.39, 0.29) is 17.7 Å². The van der Waals surface area contributed by atoms with Crippen molar-refractivity contribution in [3.63, 3.8) is 0 Å². The van der Waals surface area contributed by atoms with Crippen LogP contribution in [0.3, 0.4) is 0 Å². The van der Waals surface area contributed by atoms with Crippen molar-refractivity contribution < 1.29 is 14.3 Å². The Balaban J connectivity index is 1.73. The third-order valence-corrected chi connectivity index (χ3v) is 3.49. The molecule has 0 radical (unpaired) electrons. The maximum absolute atomic E-state index is 12.2. The summed E-state index contributed by atoms with van der Waals surface area (Å²) in [7, 11) is 0. The van der Waals surface area contributed by atoms with E-state index in [9.17, 15) is 4.79 Å². The monoisotopic (exact) mass is 317 g/mol. The molecule has 1 saturated heterocycles. The van der Waals surface area contributed by atoms with Gasteiger partial charge in [0.05, 0.1) is 36.4 Å². The highest BCUT2D eigenvalue weighted by atomic mass is 16.5. The number of benzene rings is 1. The zero-order chi connectivity index (χ0) is 16.9. The first-order valence-electron chi connectivity index (χ1n) is 7.73. The van der Waals surface area contributed by atoms with Crippen molar-refractivity contribution in [1.82, 2.24) is 10.2 Å². The lowest BCUT2D eigenvalue weighted by molar-refractivity contribution is -0.117. The van der Waals surface area contributed by atoms with E-state index in [1.54, 1.807) is 29.2 Å². The fraction of sp³-hybridized carbons (Fsp3) is 0.529. The van der Waals surface area contributed by atoms with Gasteiger partial charge in [0.25, 0.3) is 0 Å². The van der Waals surface area contributed by atoms with Gasteiger partial charge >= 0.3 is 6.03 Å². The molecular weight excluding hydrogens is 294 g/mol. The zero-order valence-electron chi connectivity index (χ0n) is 13.8. The molecule has 0 bridgehead atoms. The van der Waals surface area contributed by atoms with Crippen molar-refractivity contribution >= 4 is 6.03 Å². The Morgan fingerprint density at radius 3 is 2.78 bits per heavy atom. The molecular formula is C17H23N3O3. The predicted octanol–water partition coefficient (Wildman–Crippen LogP) is 2.15. The van der Waals surface area contributed by atoms with Crippen LogP contribution in [0.15, 0.2) is 24.3 Å². The molecule has 1 atom stereocenters. The van der Waals surface area contributed by atoms with Gasteiger partial charge in [-0.2, -0.15) is 5.26 Å². The van der Waals surface area contributed by atoms with Crippen molar-refractivity contribution in [3.8, 4) is 11.8 Å². The van der Waals surface area contributed by atoms with Crippen LogP contribution in [0.5, 0.6) is 5.75 Å². The summed E-state index contributed by atoms with van der Waals surface area (Å²) in [4.78, 5) is 14.0. The quantitative estimate of drug-likeness (QED) is 0.863. The molecule has 0 spiro atoms. The van der Waals surface area contributed by atoms with Gasteiger partial charge in [-0.15, -0.1) is 0 Å². The van der Waals surface area contributed by atoms with E-state index in [2.05, 4.69) is 11.4 Å². The van der Waals surface area contributed by atoms with Gasteiger partial charge in [-0.05, 0) is 45.0 Å². The summed E-state index contributed by atoms with van der Waals surface area (Å²) in [6.07, 6.45) is 0.0272. The Labute approximate surface area is 137 Å². The highest BCUT2D eigenvalue weighted by Gasteiger charge is 2.33. The second-order valence-electron chi connectivity index (χ2n) is 6.29. The lowest BCUT2D eigenvalue weighted by atomic mass is 10.1. The van der Waals surface area contributed by atoms with Crippen molar-refractivity contribution in [3.05, 3.63) is 29.8 Å². The van der Waals surface area contributed by atoms with Crippen molar-refractivity contribution in [1.29, 1.82) is 5.26 Å². The molecule has 0 saturated carbocycles. The number of carbonyl (C=O) groups excluding carboxylic acids is 1. The number of hydrogen-bond acceptors (Lipinski definition) is 4. The molecule has 6 heteroatoms. The van der Waals surface area contributed by atoms with Gasteiger partial charge in [-0.25, -0.2) is 4.79 Å². The van der Waals surface area contributed by atoms with E-state index < -0.39 is 0 Å². The SMILES string of the molecule is CC1CN(C(=O)NCCOc2ccc(C#N)cc2)CC(C)(C)O1. The van der Waals surface area contributed by atoms with Crippen LogP contribution in [-0.2, 0) is 4.74 Å². The summed E-state index contributed by atoms with van der Waals surface area (Å²) in [6, 6.07) is 8.84. The minimum absolute atomic E-state index is 0.0272. The standard InChI is InChI=1S/C17H23N3O3/c1-13-11-20(12-17(2,3)23-13)16(21)19-8-9-22-15-6-4-14(10-18)5-7-15/h4-7,13H,8-9,11-12H2,1-3H3,(H,19,21). The lowest BCUT2D eigenvalue weighted by Gasteiger charge is -2.41. The smallest absolute Gasteiger partial charge is 0.317 e. The summed E-state index contributed by atoms with van der Waals surface area (Å²) in [5.41, 5.74) is 0.267. The number of urea groups is 1. The lowest BCUT2D eigenvalue weighted by Crippen LogP contribution is -2.56. The van der Waals surface area contributed by atoms with E-state index in [1.807, 2.05) is 20.8 Å². The van der Waals surface area contributed by atoms with Gasteiger partial charge < -0.3 is 19.7 Å². The molecule has 1 aromatic rings. The average molecular weight is 317 g/mol. The summed E-state index contributed by atoms with van der Waals surface area (Å²) in [5, 5.41) is 11.6. The summed E-state index contributed by atoms with van der Waals surface area (Å²) < 4.78 is 11.3. The first kappa shape index (κ1) is 17.1. The second kappa shape index (κ2) is 7.34. The average Bonchev–Trinajstić information content (AvgIpc) is 2.50. The molecule has 1 fully saturated rings. The number of nitriles is 1. The number of carbonyl (C=O) groups is 1. The molecule has 0 aliphatic carbocycles. The van der Waals surface area contributed by atoms with Crippen molar-refractivity contribution in [2.75, 3.05) is 26.2 Å². The largest absolute Gasteiger partial charge is 0.492 e. The van der Waals surface area contributed by atoms with Crippen LogP contribution < -0.4 is 10.1 Å². The Kier molecular flexibility index (Phi) is 5.45. The van der Waals surface area contributed by atoms with E-state index in [0.29, 0.717) is 37.6 Å². The molecule has 1 aromatic carbocycles. The van der Waals surface area contributed by atoms with E-state index in [4.69, 9.17) is 14.7 Å². The first-order chi connectivity index (χ1) is 10.9. The van der Waals surface area contributed by atoms with Crippen LogP contribution in [0.25, 0.3) is 0 Å². The minimum Gasteiger partial charge on any atom is -0.492 e. The van der Waals surface area contributed by atoms with Crippen LogP contribution in [-0.4, -0.2) is 48.9 Å². The maximum Gasteiger partial charge on any atom is 0.317 e. The Morgan fingerprint density at radius 2 is 2.17 bits per heavy atom. The topological polar surface area (TPSA) is 74.6 Å². The summed E-state index contributed by atoms with van der Waals surface area (Å²) >= 11 is 0. The molecule has 1 unspecified atom stereocenters. The van der Waals surface area contributed by atoms with Gasteiger partial charge in [0.15, 0.2) is 0 Å². The van der Waals surface area contributed by atoms with E-state index in [1.165, 1.54) is 0 Å². The van der Waals surface area contributed by atoms with Gasteiger partial charge in [-0.1, -0.05) is 0 Å². The Morgan fingerprint density at radius 1 is 1.48 bits per heavy atom. The molecule has 2 amide bonds. The third-order valence-electron chi connectivity index (χ3n) is 3.49. The molecule has 1 heterocycles. The molecule has 1 N–H and O–H groups in total. The Hall–Kier alpha value is -2.26. The normalized spacial score (nSPS) is 19.7. The van der Waals surface area contributed by atoms with Gasteiger partial charge in [0.2, 0.25) is 0 Å². The zero-order valence-corrected chi connectivity index (χ0v) is 13.8. The van der Waals surface area contributed by atoms with Crippen LogP contribution in [0, 0.1) is 11.3 Å². The molecule has 1 aliphatic heterocycles. The van der Waals surface area contributed by atoms with E-state index >= 15 is 0 Å². The number of nitrogens with one attached hydrogen (secondary N) is 1. The number of nitrogens with zero attached hydrogens (tertiary/aromatic N) is 2. The highest BCUT2D eigenvalue weighted by Crippen LogP contribution is 2.20. The fourth-order valence-electron chi connectivity index (χ4n) is 2.67. The number of hydrogen-bond donors (Lipinski definition) is 1. The highest BCUT2D eigenvalue weighted by molar-refractivity contribution is 5.74. The molecule has 124 valence electrons. The van der Waals surface area contributed by atoms with E-state index in [0.717, 1.165) is 0 Å². The fourth-order valence-corrected chi connectivity index (χ4v) is 2.67. The third kappa shape index (κ3) is 5.15. The molecule has 23 heavy (non-hydrogen) atoms. The van der Waals surface area contributed by atoms with Crippen LogP contribution in [0.2, 0.25) is 0 Å². The number of amides is 2. The van der Waals surface area contributed by atoms with Gasteiger partial charge in [0.1, 0.15) is 12.4 Å². The maximum atomic E-state index is 12.2. The van der Waals surface area contributed by atoms with Gasteiger partial charge in [0, 0.05) is 6.54 Å². The van der Waals surface area contributed by atoms with Crippen LogP contribution in [0.1, 0.15) is 26.3 Å². The molecule has 1 aliphatic rings. The number of ether oxygens (including phenoxy) is 2. The molecule has 6 nitrogen and oxygen atoms in total. The van der Waals surface area contributed by atoms with Crippen LogP contribution in [0.4, 0.5) is 4.79 Å². The van der Waals surface area contributed by atoms with Crippen molar-refractivity contribution in [2.24, 2.45) is 0 Å². The predicted molar refractivity (Wildman–Crippen MR) is 86.2 cm³/mol. The van der Waals surface area contributed by atoms with Crippen molar-refractivity contribution in [2.45, 2.75) is 32.5 Å². The molecule has 2 rings (SSSR count). The van der Waals surface area contributed by atoms with Crippen LogP contribution >= 0.6 is 0 Å². The van der Waals surface area contributed by atoms with Gasteiger partial charge in [-0.3, -0.25) is 0 Å². The Bertz CT molecular complexity index is 578.